The highest BCUT2D eigenvalue weighted by Gasteiger charge is 2.22. The van der Waals surface area contributed by atoms with Crippen molar-refractivity contribution >= 4 is 45.0 Å². The Morgan fingerprint density at radius 1 is 0.938 bits per heavy atom. The zero-order valence-corrected chi connectivity index (χ0v) is 19.1. The molecule has 0 spiro atoms. The third-order valence-electron chi connectivity index (χ3n) is 5.39. The van der Waals surface area contributed by atoms with E-state index in [1.807, 2.05) is 11.8 Å². The van der Waals surface area contributed by atoms with Gasteiger partial charge in [-0.25, -0.2) is 0 Å². The molecular formula is C24H22BrN3O4. The molecule has 1 aliphatic rings. The van der Waals surface area contributed by atoms with Gasteiger partial charge in [-0.2, -0.15) is 0 Å². The van der Waals surface area contributed by atoms with E-state index < -0.39 is 5.91 Å². The van der Waals surface area contributed by atoms with Gasteiger partial charge < -0.3 is 20.0 Å². The quantitative estimate of drug-likeness (QED) is 0.515. The number of hydrogen-bond donors (Lipinski definition) is 2. The van der Waals surface area contributed by atoms with E-state index in [-0.39, 0.29) is 17.6 Å². The SMILES string of the molecule is Cc1c(NC(=O)c2cccc(NC(=O)c3ccc(Br)o3)c2)cccc1C(=O)N1CCCC1. The molecule has 0 aliphatic carbocycles. The van der Waals surface area contributed by atoms with Gasteiger partial charge >= 0.3 is 0 Å². The van der Waals surface area contributed by atoms with E-state index in [2.05, 4.69) is 26.6 Å². The van der Waals surface area contributed by atoms with Gasteiger partial charge in [-0.15, -0.1) is 0 Å². The van der Waals surface area contributed by atoms with Gasteiger partial charge in [0.15, 0.2) is 10.4 Å². The summed E-state index contributed by atoms with van der Waals surface area (Å²) in [4.78, 5) is 39.8. The molecule has 32 heavy (non-hydrogen) atoms. The van der Waals surface area contributed by atoms with Gasteiger partial charge in [-0.3, -0.25) is 14.4 Å². The monoisotopic (exact) mass is 495 g/mol. The molecule has 0 unspecified atom stereocenters. The van der Waals surface area contributed by atoms with Crippen molar-refractivity contribution in [2.45, 2.75) is 19.8 Å². The number of benzene rings is 2. The molecule has 3 amide bonds. The summed E-state index contributed by atoms with van der Waals surface area (Å²) in [5, 5.41) is 5.59. The summed E-state index contributed by atoms with van der Waals surface area (Å²) < 4.78 is 5.70. The van der Waals surface area contributed by atoms with Gasteiger partial charge in [0.05, 0.1) is 0 Å². The third-order valence-corrected chi connectivity index (χ3v) is 5.81. The van der Waals surface area contributed by atoms with Crippen molar-refractivity contribution < 1.29 is 18.8 Å². The van der Waals surface area contributed by atoms with Gasteiger partial charge in [0, 0.05) is 35.6 Å². The van der Waals surface area contributed by atoms with Gasteiger partial charge in [0.2, 0.25) is 0 Å². The first-order valence-corrected chi connectivity index (χ1v) is 11.1. The van der Waals surface area contributed by atoms with Crippen LogP contribution in [0.5, 0.6) is 0 Å². The molecule has 7 nitrogen and oxygen atoms in total. The molecular weight excluding hydrogens is 474 g/mol. The lowest BCUT2D eigenvalue weighted by atomic mass is 10.0. The van der Waals surface area contributed by atoms with Crippen LogP contribution in [-0.4, -0.2) is 35.7 Å². The fourth-order valence-electron chi connectivity index (χ4n) is 3.66. The first kappa shape index (κ1) is 21.8. The van der Waals surface area contributed by atoms with Crippen LogP contribution in [0.2, 0.25) is 0 Å². The number of rotatable bonds is 5. The maximum Gasteiger partial charge on any atom is 0.291 e. The van der Waals surface area contributed by atoms with Crippen molar-refractivity contribution in [3.63, 3.8) is 0 Å². The Labute approximate surface area is 193 Å². The summed E-state index contributed by atoms with van der Waals surface area (Å²) in [7, 11) is 0. The normalized spacial score (nSPS) is 13.1. The van der Waals surface area contributed by atoms with Gasteiger partial charge in [-0.1, -0.05) is 12.1 Å². The van der Waals surface area contributed by atoms with Crippen LogP contribution < -0.4 is 10.6 Å². The fourth-order valence-corrected chi connectivity index (χ4v) is 3.96. The number of nitrogens with zero attached hydrogens (tertiary/aromatic N) is 1. The highest BCUT2D eigenvalue weighted by atomic mass is 79.9. The van der Waals surface area contributed by atoms with Crippen molar-refractivity contribution in [1.29, 1.82) is 0 Å². The van der Waals surface area contributed by atoms with Crippen LogP contribution >= 0.6 is 15.9 Å². The Hall–Kier alpha value is -3.39. The van der Waals surface area contributed by atoms with E-state index in [0.717, 1.165) is 31.5 Å². The standard InChI is InChI=1S/C24H22BrN3O4/c1-15-18(24(31)28-12-2-3-13-28)8-5-9-19(15)27-22(29)16-6-4-7-17(14-16)26-23(30)20-10-11-21(25)32-20/h4-11,14H,2-3,12-13H2,1H3,(H,26,30)(H,27,29). The summed E-state index contributed by atoms with van der Waals surface area (Å²) in [6.45, 7) is 3.36. The molecule has 164 valence electrons. The highest BCUT2D eigenvalue weighted by molar-refractivity contribution is 9.10. The van der Waals surface area contributed by atoms with Crippen molar-refractivity contribution in [2.75, 3.05) is 23.7 Å². The van der Waals surface area contributed by atoms with Crippen LogP contribution in [0.4, 0.5) is 11.4 Å². The first-order chi connectivity index (χ1) is 15.4. The smallest absolute Gasteiger partial charge is 0.291 e. The molecule has 1 aliphatic heterocycles. The Morgan fingerprint density at radius 3 is 2.41 bits per heavy atom. The number of amides is 3. The Balaban J connectivity index is 1.48. The van der Waals surface area contributed by atoms with Gasteiger partial charge in [-0.05, 0) is 83.7 Å². The molecule has 2 heterocycles. The summed E-state index contributed by atoms with van der Waals surface area (Å²) >= 11 is 3.16. The van der Waals surface area contributed by atoms with Crippen LogP contribution in [0.3, 0.4) is 0 Å². The lowest BCUT2D eigenvalue weighted by Gasteiger charge is -2.18. The second kappa shape index (κ2) is 9.40. The molecule has 1 saturated heterocycles. The number of hydrogen-bond acceptors (Lipinski definition) is 4. The number of nitrogens with one attached hydrogen (secondary N) is 2. The predicted octanol–water partition coefficient (Wildman–Crippen LogP) is 5.09. The highest BCUT2D eigenvalue weighted by Crippen LogP contribution is 2.23. The number of furan rings is 1. The number of carbonyl (C=O) groups excluding carboxylic acids is 3. The van der Waals surface area contributed by atoms with E-state index in [0.29, 0.717) is 27.2 Å². The van der Waals surface area contributed by atoms with E-state index in [1.54, 1.807) is 54.6 Å². The molecule has 0 atom stereocenters. The van der Waals surface area contributed by atoms with Gasteiger partial charge in [0.25, 0.3) is 17.7 Å². The first-order valence-electron chi connectivity index (χ1n) is 10.3. The molecule has 0 saturated carbocycles. The topological polar surface area (TPSA) is 91.6 Å². The summed E-state index contributed by atoms with van der Waals surface area (Å²) in [6.07, 6.45) is 2.04. The molecule has 2 N–H and O–H groups in total. The summed E-state index contributed by atoms with van der Waals surface area (Å²) in [6, 6.07) is 15.1. The Morgan fingerprint density at radius 2 is 1.69 bits per heavy atom. The number of anilines is 2. The lowest BCUT2D eigenvalue weighted by Crippen LogP contribution is -2.28. The minimum Gasteiger partial charge on any atom is -0.444 e. The number of likely N-dealkylation sites (tertiary alicyclic amines) is 1. The molecule has 0 bridgehead atoms. The lowest BCUT2D eigenvalue weighted by molar-refractivity contribution is 0.0791. The zero-order chi connectivity index (χ0) is 22.7. The molecule has 1 fully saturated rings. The fraction of sp³-hybridized carbons (Fsp3) is 0.208. The average Bonchev–Trinajstić information content (AvgIpc) is 3.47. The molecule has 4 rings (SSSR count). The van der Waals surface area contributed by atoms with Crippen molar-refractivity contribution in [1.82, 2.24) is 4.90 Å². The Kier molecular flexibility index (Phi) is 6.41. The maximum absolute atomic E-state index is 12.9. The van der Waals surface area contributed by atoms with Crippen LogP contribution in [0, 0.1) is 6.92 Å². The average molecular weight is 496 g/mol. The van der Waals surface area contributed by atoms with Crippen molar-refractivity contribution in [2.24, 2.45) is 0 Å². The third kappa shape index (κ3) is 4.75. The molecule has 1 aromatic heterocycles. The Bertz CT molecular complexity index is 1180. The van der Waals surface area contributed by atoms with Crippen LogP contribution in [0.1, 0.15) is 49.7 Å². The molecule has 0 radical (unpaired) electrons. The molecule has 2 aromatic carbocycles. The van der Waals surface area contributed by atoms with E-state index >= 15 is 0 Å². The second-order valence-electron chi connectivity index (χ2n) is 7.57. The molecule has 3 aromatic rings. The minimum absolute atomic E-state index is 0.00892. The van der Waals surface area contributed by atoms with Gasteiger partial charge in [0.1, 0.15) is 0 Å². The summed E-state index contributed by atoms with van der Waals surface area (Å²) in [5.74, 6) is -0.611. The van der Waals surface area contributed by atoms with E-state index in [4.69, 9.17) is 4.42 Å². The molecule has 8 heteroatoms. The number of halogens is 1. The minimum atomic E-state index is -0.419. The van der Waals surface area contributed by atoms with Crippen LogP contribution in [-0.2, 0) is 0 Å². The van der Waals surface area contributed by atoms with Crippen LogP contribution in [0.25, 0.3) is 0 Å². The number of carbonyl (C=O) groups is 3. The maximum atomic E-state index is 12.9. The second-order valence-corrected chi connectivity index (χ2v) is 8.35. The van der Waals surface area contributed by atoms with E-state index in [9.17, 15) is 14.4 Å². The largest absolute Gasteiger partial charge is 0.444 e. The van der Waals surface area contributed by atoms with Crippen molar-refractivity contribution in [3.8, 4) is 0 Å². The van der Waals surface area contributed by atoms with Crippen molar-refractivity contribution in [3.05, 3.63) is 81.7 Å². The van der Waals surface area contributed by atoms with E-state index in [1.165, 1.54) is 0 Å². The zero-order valence-electron chi connectivity index (χ0n) is 17.5. The predicted molar refractivity (Wildman–Crippen MR) is 125 cm³/mol. The van der Waals surface area contributed by atoms with Crippen LogP contribution in [0.15, 0.2) is 63.7 Å². The summed E-state index contributed by atoms with van der Waals surface area (Å²) in [5.41, 5.74) is 2.74.